The molecule has 10 nitrogen and oxygen atoms in total. The number of aryl methyl sites for hydroxylation is 1. The van der Waals surface area contributed by atoms with Crippen molar-refractivity contribution in [3.8, 4) is 0 Å². The highest BCUT2D eigenvalue weighted by Gasteiger charge is 2.40. The van der Waals surface area contributed by atoms with E-state index in [1.807, 2.05) is 20.8 Å². The Morgan fingerprint density at radius 2 is 1.92 bits per heavy atom. The first kappa shape index (κ1) is 26.1. The first-order valence-corrected chi connectivity index (χ1v) is 14.6. The molecule has 0 unspecified atom stereocenters. The normalized spacial score (nSPS) is 21.2. The highest BCUT2D eigenvalue weighted by Crippen LogP contribution is 2.39. The number of piperidine rings is 1. The topological polar surface area (TPSA) is 122 Å². The number of fused-ring (bicyclic) bond motifs is 1. The van der Waals surface area contributed by atoms with Gasteiger partial charge in [0.2, 0.25) is 5.95 Å². The van der Waals surface area contributed by atoms with Crippen molar-refractivity contribution >= 4 is 40.3 Å². The fraction of sp³-hybridized carbons (Fsp3) is 0.640. The molecule has 2 N–H and O–H groups in total. The number of carbonyl (C=O) groups is 1. The molecule has 1 saturated heterocycles. The third-order valence-electron chi connectivity index (χ3n) is 7.12. The van der Waals surface area contributed by atoms with Crippen molar-refractivity contribution in [2.75, 3.05) is 35.6 Å². The predicted octanol–water partition coefficient (Wildman–Crippen LogP) is 3.83. The fourth-order valence-electron chi connectivity index (χ4n) is 5.04. The molecule has 1 atom stereocenters. The van der Waals surface area contributed by atoms with Crippen LogP contribution in [0.4, 0.5) is 16.6 Å². The number of ether oxygens (including phenoxy) is 1. The van der Waals surface area contributed by atoms with Crippen LogP contribution in [0.2, 0.25) is 5.02 Å². The molecule has 0 bridgehead atoms. The first-order chi connectivity index (χ1) is 17.6. The fourth-order valence-corrected chi connectivity index (χ4v) is 6.44. The van der Waals surface area contributed by atoms with Gasteiger partial charge in [-0.2, -0.15) is 4.98 Å². The van der Waals surface area contributed by atoms with E-state index in [0.717, 1.165) is 56.7 Å². The lowest BCUT2D eigenvalue weighted by Crippen LogP contribution is -2.54. The number of anilines is 2. The molecule has 3 aliphatic rings. The summed E-state index contributed by atoms with van der Waals surface area (Å²) >= 11 is 5.94. The molecule has 200 valence electrons. The minimum absolute atomic E-state index is 0.269. The zero-order valence-corrected chi connectivity index (χ0v) is 23.1. The maximum atomic E-state index is 12.9. The zero-order chi connectivity index (χ0) is 26.2. The molecular formula is C25H34ClN7O3S. The van der Waals surface area contributed by atoms with Crippen LogP contribution >= 0.6 is 11.6 Å². The van der Waals surface area contributed by atoms with Gasteiger partial charge in [0.05, 0.1) is 27.1 Å². The second-order valence-corrected chi connectivity index (χ2v) is 13.0. The molecule has 37 heavy (non-hydrogen) atoms. The van der Waals surface area contributed by atoms with E-state index in [4.69, 9.17) is 26.3 Å². The smallest absolute Gasteiger partial charge is 0.407 e. The number of amides is 1. The summed E-state index contributed by atoms with van der Waals surface area (Å²) in [5, 5.41) is 7.03. The number of rotatable bonds is 6. The lowest BCUT2D eigenvalue weighted by molar-refractivity contribution is 0.0506. The van der Waals surface area contributed by atoms with Gasteiger partial charge in [-0.25, -0.2) is 19.7 Å². The van der Waals surface area contributed by atoms with Gasteiger partial charge >= 0.3 is 6.09 Å². The third kappa shape index (κ3) is 5.98. The van der Waals surface area contributed by atoms with Crippen molar-refractivity contribution in [3.05, 3.63) is 28.9 Å². The number of hydrogen-bond acceptors (Lipinski definition) is 9. The van der Waals surface area contributed by atoms with Gasteiger partial charge in [-0.1, -0.05) is 11.6 Å². The minimum Gasteiger partial charge on any atom is -0.444 e. The van der Waals surface area contributed by atoms with Crippen LogP contribution in [0, 0.1) is 0 Å². The van der Waals surface area contributed by atoms with E-state index in [9.17, 15) is 9.00 Å². The minimum atomic E-state index is -1.14. The van der Waals surface area contributed by atoms with Crippen LogP contribution in [0.1, 0.15) is 70.3 Å². The van der Waals surface area contributed by atoms with E-state index in [2.05, 4.69) is 25.5 Å². The molecule has 2 aliphatic heterocycles. The van der Waals surface area contributed by atoms with Crippen molar-refractivity contribution in [1.29, 1.82) is 0 Å². The molecular weight excluding hydrogens is 514 g/mol. The van der Waals surface area contributed by atoms with Crippen LogP contribution in [0.25, 0.3) is 0 Å². The van der Waals surface area contributed by atoms with Crippen LogP contribution in [-0.4, -0.2) is 66.8 Å². The van der Waals surface area contributed by atoms with E-state index in [1.165, 1.54) is 0 Å². The Labute approximate surface area is 224 Å². The van der Waals surface area contributed by atoms with Crippen molar-refractivity contribution < 1.29 is 13.7 Å². The summed E-state index contributed by atoms with van der Waals surface area (Å²) in [6, 6.07) is 0. The zero-order valence-electron chi connectivity index (χ0n) is 21.6. The molecule has 2 fully saturated rings. The maximum absolute atomic E-state index is 12.9. The average Bonchev–Trinajstić information content (AvgIpc) is 3.21. The van der Waals surface area contributed by atoms with Gasteiger partial charge in [-0.3, -0.25) is 4.21 Å². The van der Waals surface area contributed by atoms with Gasteiger partial charge in [0, 0.05) is 50.1 Å². The lowest BCUT2D eigenvalue weighted by atomic mass is 9.76. The molecule has 0 radical (unpaired) electrons. The van der Waals surface area contributed by atoms with Crippen molar-refractivity contribution in [3.63, 3.8) is 0 Å². The molecule has 2 aromatic heterocycles. The number of alkyl carbamates (subject to hydrolysis) is 1. The van der Waals surface area contributed by atoms with Crippen LogP contribution in [0.5, 0.6) is 0 Å². The monoisotopic (exact) mass is 547 g/mol. The largest absolute Gasteiger partial charge is 0.444 e. The number of hydrogen-bond donors (Lipinski definition) is 2. The number of nitrogens with zero attached hydrogens (tertiary/aromatic N) is 5. The summed E-state index contributed by atoms with van der Waals surface area (Å²) < 4.78 is 18.3. The third-order valence-corrected chi connectivity index (χ3v) is 8.78. The molecule has 5 rings (SSSR count). The quantitative estimate of drug-likeness (QED) is 0.555. The second kappa shape index (κ2) is 10.3. The lowest BCUT2D eigenvalue weighted by Gasteiger charge is -2.43. The Bertz CT molecular complexity index is 1180. The second-order valence-electron chi connectivity index (χ2n) is 11.1. The highest BCUT2D eigenvalue weighted by molar-refractivity contribution is 7.85. The molecule has 0 spiro atoms. The Morgan fingerprint density at radius 3 is 2.54 bits per heavy atom. The molecule has 0 aromatic carbocycles. The number of carbonyl (C=O) groups excluding carboxylic acids is 1. The Kier molecular flexibility index (Phi) is 7.28. The molecule has 1 amide bonds. The summed E-state index contributed by atoms with van der Waals surface area (Å²) in [6.45, 7) is 7.50. The van der Waals surface area contributed by atoms with E-state index in [1.54, 1.807) is 12.4 Å². The first-order valence-electron chi connectivity index (χ1n) is 12.9. The number of halogens is 1. The summed E-state index contributed by atoms with van der Waals surface area (Å²) in [4.78, 5) is 33.7. The van der Waals surface area contributed by atoms with Crippen LogP contribution in [0.3, 0.4) is 0 Å². The molecule has 1 saturated carbocycles. The predicted molar refractivity (Wildman–Crippen MR) is 143 cm³/mol. The molecule has 1 aliphatic carbocycles. The molecule has 12 heteroatoms. The van der Waals surface area contributed by atoms with Gasteiger partial charge in [-0.15, -0.1) is 0 Å². The van der Waals surface area contributed by atoms with Gasteiger partial charge in [0.1, 0.15) is 22.1 Å². The van der Waals surface area contributed by atoms with Crippen molar-refractivity contribution in [2.45, 2.75) is 81.2 Å². The van der Waals surface area contributed by atoms with Gasteiger partial charge in [0.25, 0.3) is 0 Å². The van der Waals surface area contributed by atoms with E-state index < -0.39 is 22.5 Å². The molecule has 4 heterocycles. The van der Waals surface area contributed by atoms with Crippen molar-refractivity contribution in [2.24, 2.45) is 0 Å². The standard InChI is InChI=1S/C25H34ClN7O3S/c1-24(2,3)36-23(34)29-15-25(8-4-9-25)32-21-19-18(7-12-37(19)35)30-22(31-21)33-10-5-16(6-11-33)20-27-13-17(26)14-28-20/h13-14,16H,4-12,15H2,1-3H3,(H,29,34)(H,30,31,32)/t37-/m1/s1. The summed E-state index contributed by atoms with van der Waals surface area (Å²) in [6.07, 6.45) is 8.12. The van der Waals surface area contributed by atoms with Gasteiger partial charge in [0.15, 0.2) is 0 Å². The van der Waals surface area contributed by atoms with E-state index in [-0.39, 0.29) is 11.5 Å². The number of aromatic nitrogens is 4. The van der Waals surface area contributed by atoms with Crippen molar-refractivity contribution in [1.82, 2.24) is 25.3 Å². The van der Waals surface area contributed by atoms with Gasteiger partial charge in [-0.05, 0) is 52.9 Å². The van der Waals surface area contributed by atoms with E-state index in [0.29, 0.717) is 40.4 Å². The van der Waals surface area contributed by atoms with Crippen LogP contribution in [0.15, 0.2) is 17.3 Å². The summed E-state index contributed by atoms with van der Waals surface area (Å²) in [7, 11) is -1.14. The maximum Gasteiger partial charge on any atom is 0.407 e. The highest BCUT2D eigenvalue weighted by atomic mass is 35.5. The summed E-state index contributed by atoms with van der Waals surface area (Å²) in [5.74, 6) is 2.93. The Morgan fingerprint density at radius 1 is 1.22 bits per heavy atom. The number of nitrogens with one attached hydrogen (secondary N) is 2. The Hall–Kier alpha value is -2.53. The summed E-state index contributed by atoms with van der Waals surface area (Å²) in [5.41, 5.74) is -0.0535. The molecule has 2 aromatic rings. The van der Waals surface area contributed by atoms with Gasteiger partial charge < -0.3 is 20.3 Å². The Balaban J connectivity index is 1.31. The van der Waals surface area contributed by atoms with Crippen LogP contribution in [-0.2, 0) is 22.0 Å². The SMILES string of the molecule is CC(C)(C)OC(=O)NCC1(Nc2nc(N3CCC(c4ncc(Cl)cn4)CC3)nc3c2[S@](=O)CC3)CCC1. The van der Waals surface area contributed by atoms with Crippen LogP contribution < -0.4 is 15.5 Å². The van der Waals surface area contributed by atoms with E-state index >= 15 is 0 Å². The average molecular weight is 548 g/mol.